The van der Waals surface area contributed by atoms with Crippen LogP contribution in [-0.2, 0) is 9.84 Å². The maximum atomic E-state index is 11.3. The van der Waals surface area contributed by atoms with Crippen LogP contribution in [0.1, 0.15) is 12.0 Å². The minimum absolute atomic E-state index is 0.255. The van der Waals surface area contributed by atoms with Gasteiger partial charge in [-0.05, 0) is 18.6 Å². The van der Waals surface area contributed by atoms with Crippen LogP contribution in [0, 0.1) is 11.3 Å². The van der Waals surface area contributed by atoms with Crippen molar-refractivity contribution in [2.75, 3.05) is 37.7 Å². The van der Waals surface area contributed by atoms with E-state index in [2.05, 4.69) is 11.0 Å². The standard InChI is InChI=1S/C14H18N2O3S/c15-12-13-4-1-2-5-14(13)19-9-3-6-16-7-10-20(17,18)11-8-16/h1-2,4-5H,3,6-11H2. The van der Waals surface area contributed by atoms with E-state index in [-0.39, 0.29) is 11.5 Å². The second-order valence-electron chi connectivity index (χ2n) is 4.80. The Balaban J connectivity index is 1.71. The summed E-state index contributed by atoms with van der Waals surface area (Å²) in [6, 6.07) is 9.25. The first-order chi connectivity index (χ1) is 9.61. The van der Waals surface area contributed by atoms with Crippen molar-refractivity contribution in [2.24, 2.45) is 0 Å². The van der Waals surface area contributed by atoms with E-state index in [9.17, 15) is 8.42 Å². The molecular weight excluding hydrogens is 276 g/mol. The average molecular weight is 294 g/mol. The van der Waals surface area contributed by atoms with E-state index in [1.54, 1.807) is 18.2 Å². The second kappa shape index (κ2) is 6.73. The van der Waals surface area contributed by atoms with Crippen LogP contribution in [0.4, 0.5) is 0 Å². The first-order valence-electron chi connectivity index (χ1n) is 6.65. The van der Waals surface area contributed by atoms with Gasteiger partial charge in [0.25, 0.3) is 0 Å². The van der Waals surface area contributed by atoms with Crippen molar-refractivity contribution in [1.29, 1.82) is 5.26 Å². The van der Waals surface area contributed by atoms with Gasteiger partial charge in [-0.25, -0.2) is 8.42 Å². The third-order valence-electron chi connectivity index (χ3n) is 3.32. The molecule has 0 bridgehead atoms. The molecule has 1 saturated heterocycles. The molecule has 1 heterocycles. The van der Waals surface area contributed by atoms with E-state index >= 15 is 0 Å². The minimum atomic E-state index is -2.81. The van der Waals surface area contributed by atoms with Crippen molar-refractivity contribution < 1.29 is 13.2 Å². The van der Waals surface area contributed by atoms with Crippen LogP contribution in [0.2, 0.25) is 0 Å². The number of hydrogen-bond donors (Lipinski definition) is 0. The Kier molecular flexibility index (Phi) is 4.99. The lowest BCUT2D eigenvalue weighted by Crippen LogP contribution is -2.40. The topological polar surface area (TPSA) is 70.4 Å². The molecule has 0 amide bonds. The van der Waals surface area contributed by atoms with Gasteiger partial charge in [-0.1, -0.05) is 12.1 Å². The fourth-order valence-corrected chi connectivity index (χ4v) is 3.41. The van der Waals surface area contributed by atoms with Gasteiger partial charge in [0, 0.05) is 19.6 Å². The SMILES string of the molecule is N#Cc1ccccc1OCCCN1CCS(=O)(=O)CC1. The zero-order valence-electron chi connectivity index (χ0n) is 11.3. The molecule has 108 valence electrons. The first-order valence-corrected chi connectivity index (χ1v) is 8.47. The highest BCUT2D eigenvalue weighted by atomic mass is 32.2. The maximum absolute atomic E-state index is 11.3. The fraction of sp³-hybridized carbons (Fsp3) is 0.500. The van der Waals surface area contributed by atoms with E-state index in [0.29, 0.717) is 31.0 Å². The van der Waals surface area contributed by atoms with Crippen molar-refractivity contribution in [3.8, 4) is 11.8 Å². The Morgan fingerprint density at radius 3 is 2.65 bits per heavy atom. The lowest BCUT2D eigenvalue weighted by Gasteiger charge is -2.26. The van der Waals surface area contributed by atoms with Crippen molar-refractivity contribution in [3.63, 3.8) is 0 Å². The van der Waals surface area contributed by atoms with Crippen LogP contribution < -0.4 is 4.74 Å². The first kappa shape index (κ1) is 14.8. The van der Waals surface area contributed by atoms with E-state index < -0.39 is 9.84 Å². The molecule has 0 unspecified atom stereocenters. The molecule has 1 aromatic rings. The lowest BCUT2D eigenvalue weighted by molar-refractivity contribution is 0.245. The predicted molar refractivity (Wildman–Crippen MR) is 76.4 cm³/mol. The normalized spacial score (nSPS) is 18.4. The molecule has 1 aliphatic heterocycles. The molecule has 1 aromatic carbocycles. The van der Waals surface area contributed by atoms with Crippen molar-refractivity contribution in [1.82, 2.24) is 4.90 Å². The Hall–Kier alpha value is -1.58. The van der Waals surface area contributed by atoms with Crippen LogP contribution in [0.3, 0.4) is 0 Å². The molecule has 0 radical (unpaired) electrons. The molecule has 20 heavy (non-hydrogen) atoms. The Morgan fingerprint density at radius 1 is 1.25 bits per heavy atom. The summed E-state index contributed by atoms with van der Waals surface area (Å²) < 4.78 is 28.2. The zero-order chi connectivity index (χ0) is 14.4. The maximum Gasteiger partial charge on any atom is 0.152 e. The fourth-order valence-electron chi connectivity index (χ4n) is 2.13. The number of nitriles is 1. The van der Waals surface area contributed by atoms with Crippen molar-refractivity contribution >= 4 is 9.84 Å². The smallest absolute Gasteiger partial charge is 0.152 e. The van der Waals surface area contributed by atoms with Gasteiger partial charge in [0.1, 0.15) is 11.8 Å². The summed E-state index contributed by atoms with van der Waals surface area (Å²) in [5, 5.41) is 8.93. The number of rotatable bonds is 5. The third kappa shape index (κ3) is 4.22. The molecule has 0 aromatic heterocycles. The van der Waals surface area contributed by atoms with Crippen molar-refractivity contribution in [3.05, 3.63) is 29.8 Å². The summed E-state index contributed by atoms with van der Waals surface area (Å²) in [7, 11) is -2.81. The summed E-state index contributed by atoms with van der Waals surface area (Å²) in [5.41, 5.74) is 0.538. The Bertz CT molecular complexity index is 579. The number of ether oxygens (including phenoxy) is 1. The van der Waals surface area contributed by atoms with Gasteiger partial charge >= 0.3 is 0 Å². The number of nitrogens with zero attached hydrogens (tertiary/aromatic N) is 2. The second-order valence-corrected chi connectivity index (χ2v) is 7.11. The summed E-state index contributed by atoms with van der Waals surface area (Å²) in [5.74, 6) is 1.12. The largest absolute Gasteiger partial charge is 0.492 e. The van der Waals surface area contributed by atoms with Gasteiger partial charge in [-0.2, -0.15) is 5.26 Å². The summed E-state index contributed by atoms with van der Waals surface area (Å²) in [6.45, 7) is 2.57. The monoisotopic (exact) mass is 294 g/mol. The van der Waals surface area contributed by atoms with Gasteiger partial charge in [-0.3, -0.25) is 0 Å². The van der Waals surface area contributed by atoms with E-state index in [1.165, 1.54) is 0 Å². The lowest BCUT2D eigenvalue weighted by atomic mass is 10.2. The van der Waals surface area contributed by atoms with Gasteiger partial charge in [0.05, 0.1) is 23.7 Å². The van der Waals surface area contributed by atoms with Crippen LogP contribution >= 0.6 is 0 Å². The molecule has 0 aliphatic carbocycles. The van der Waals surface area contributed by atoms with E-state index in [0.717, 1.165) is 13.0 Å². The highest BCUT2D eigenvalue weighted by Gasteiger charge is 2.20. The summed E-state index contributed by atoms with van der Waals surface area (Å²) in [4.78, 5) is 2.14. The minimum Gasteiger partial charge on any atom is -0.492 e. The Morgan fingerprint density at radius 2 is 1.95 bits per heavy atom. The van der Waals surface area contributed by atoms with Crippen LogP contribution in [0.15, 0.2) is 24.3 Å². The molecule has 2 rings (SSSR count). The molecule has 0 saturated carbocycles. The number of para-hydroxylation sites is 1. The zero-order valence-corrected chi connectivity index (χ0v) is 12.1. The Labute approximate surface area is 119 Å². The molecule has 0 spiro atoms. The van der Waals surface area contributed by atoms with Gasteiger partial charge in [0.15, 0.2) is 9.84 Å². The predicted octanol–water partition coefficient (Wildman–Crippen LogP) is 1.06. The van der Waals surface area contributed by atoms with E-state index in [1.807, 2.05) is 6.07 Å². The average Bonchev–Trinajstić information content (AvgIpc) is 2.45. The molecule has 6 heteroatoms. The molecule has 5 nitrogen and oxygen atoms in total. The van der Waals surface area contributed by atoms with Crippen LogP contribution in [0.5, 0.6) is 5.75 Å². The van der Waals surface area contributed by atoms with Gasteiger partial charge in [0.2, 0.25) is 0 Å². The highest BCUT2D eigenvalue weighted by Crippen LogP contribution is 2.16. The number of hydrogen-bond acceptors (Lipinski definition) is 5. The molecular formula is C14H18N2O3S. The molecule has 0 N–H and O–H groups in total. The van der Waals surface area contributed by atoms with Gasteiger partial charge in [-0.15, -0.1) is 0 Å². The molecule has 1 fully saturated rings. The highest BCUT2D eigenvalue weighted by molar-refractivity contribution is 7.91. The summed E-state index contributed by atoms with van der Waals surface area (Å²) in [6.07, 6.45) is 0.819. The number of sulfone groups is 1. The quantitative estimate of drug-likeness (QED) is 0.759. The van der Waals surface area contributed by atoms with Gasteiger partial charge < -0.3 is 9.64 Å². The van der Waals surface area contributed by atoms with E-state index in [4.69, 9.17) is 10.00 Å². The third-order valence-corrected chi connectivity index (χ3v) is 4.93. The van der Waals surface area contributed by atoms with Crippen LogP contribution in [-0.4, -0.2) is 51.1 Å². The summed E-state index contributed by atoms with van der Waals surface area (Å²) >= 11 is 0. The van der Waals surface area contributed by atoms with Crippen LogP contribution in [0.25, 0.3) is 0 Å². The number of benzene rings is 1. The molecule has 0 atom stereocenters. The molecule has 1 aliphatic rings. The van der Waals surface area contributed by atoms with Crippen molar-refractivity contribution in [2.45, 2.75) is 6.42 Å².